The van der Waals surface area contributed by atoms with Gasteiger partial charge in [-0.05, 0) is 56.2 Å². The van der Waals surface area contributed by atoms with Gasteiger partial charge in [-0.1, -0.05) is 30.5 Å². The maximum atomic E-state index is 12.3. The van der Waals surface area contributed by atoms with Crippen LogP contribution < -0.4 is 10.2 Å². The third kappa shape index (κ3) is 4.33. The van der Waals surface area contributed by atoms with E-state index in [0.717, 1.165) is 43.5 Å². The van der Waals surface area contributed by atoms with E-state index in [4.69, 9.17) is 0 Å². The lowest BCUT2D eigenvalue weighted by Crippen LogP contribution is -2.49. The molecule has 1 saturated heterocycles. The van der Waals surface area contributed by atoms with E-state index in [0.29, 0.717) is 5.56 Å². The summed E-state index contributed by atoms with van der Waals surface area (Å²) in [6, 6.07) is 16.7. The largest absolute Gasteiger partial charge is 0.369 e. The van der Waals surface area contributed by atoms with Crippen LogP contribution in [-0.4, -0.2) is 43.0 Å². The summed E-state index contributed by atoms with van der Waals surface area (Å²) in [4.78, 5) is 17.5. The van der Waals surface area contributed by atoms with Crippen molar-refractivity contribution in [2.45, 2.75) is 38.6 Å². The van der Waals surface area contributed by atoms with Crippen molar-refractivity contribution in [1.29, 1.82) is 0 Å². The van der Waals surface area contributed by atoms with Gasteiger partial charge in [-0.2, -0.15) is 0 Å². The molecule has 0 atom stereocenters. The third-order valence-electron chi connectivity index (χ3n) is 5.96. The predicted molar refractivity (Wildman–Crippen MR) is 112 cm³/mol. The van der Waals surface area contributed by atoms with Gasteiger partial charge in [0.25, 0.3) is 5.91 Å². The Morgan fingerprint density at radius 1 is 0.889 bits per heavy atom. The van der Waals surface area contributed by atoms with Gasteiger partial charge in [0, 0.05) is 49.2 Å². The molecule has 1 heterocycles. The minimum atomic E-state index is -0.0621. The van der Waals surface area contributed by atoms with Gasteiger partial charge in [0.05, 0.1) is 0 Å². The van der Waals surface area contributed by atoms with Crippen molar-refractivity contribution < 1.29 is 4.79 Å². The maximum absolute atomic E-state index is 12.3. The summed E-state index contributed by atoms with van der Waals surface area (Å²) in [5.74, 6) is -0.0621. The number of aryl methyl sites for hydroxylation is 1. The summed E-state index contributed by atoms with van der Waals surface area (Å²) in [5, 5.41) is 2.99. The molecule has 2 fully saturated rings. The topological polar surface area (TPSA) is 35.6 Å². The first kappa shape index (κ1) is 18.1. The second-order valence-electron chi connectivity index (χ2n) is 7.83. The molecule has 0 bridgehead atoms. The van der Waals surface area contributed by atoms with Gasteiger partial charge in [-0.25, -0.2) is 0 Å². The zero-order valence-electron chi connectivity index (χ0n) is 16.2. The Hall–Kier alpha value is -2.33. The Morgan fingerprint density at radius 3 is 2.15 bits per heavy atom. The van der Waals surface area contributed by atoms with Gasteiger partial charge < -0.3 is 10.2 Å². The Morgan fingerprint density at radius 2 is 1.52 bits per heavy atom. The predicted octanol–water partition coefficient (Wildman–Crippen LogP) is 4.31. The number of piperazine rings is 1. The van der Waals surface area contributed by atoms with E-state index in [2.05, 4.69) is 27.2 Å². The number of rotatable bonds is 4. The molecule has 27 heavy (non-hydrogen) atoms. The van der Waals surface area contributed by atoms with Crippen LogP contribution in [-0.2, 0) is 0 Å². The standard InChI is InChI=1S/C23H29N3O/c1-18-6-8-19(9-7-18)23(27)24-20-10-12-22(13-11-20)26-16-14-25(15-17-26)21-4-2-3-5-21/h6-13,21H,2-5,14-17H2,1H3,(H,24,27). The Bertz CT molecular complexity index is 755. The highest BCUT2D eigenvalue weighted by atomic mass is 16.1. The quantitative estimate of drug-likeness (QED) is 0.879. The molecular weight excluding hydrogens is 334 g/mol. The fraction of sp³-hybridized carbons (Fsp3) is 0.435. The van der Waals surface area contributed by atoms with Gasteiger partial charge in [-0.3, -0.25) is 9.69 Å². The molecule has 4 nitrogen and oxygen atoms in total. The van der Waals surface area contributed by atoms with Crippen LogP contribution in [0.2, 0.25) is 0 Å². The van der Waals surface area contributed by atoms with Crippen molar-refractivity contribution in [2.75, 3.05) is 36.4 Å². The molecule has 4 rings (SSSR count). The lowest BCUT2D eigenvalue weighted by molar-refractivity contribution is 0.102. The number of hydrogen-bond acceptors (Lipinski definition) is 3. The number of anilines is 2. The molecule has 0 unspecified atom stereocenters. The number of benzene rings is 2. The minimum absolute atomic E-state index is 0.0621. The fourth-order valence-electron chi connectivity index (χ4n) is 4.28. The molecule has 2 aromatic rings. The smallest absolute Gasteiger partial charge is 0.255 e. The first-order valence-electron chi connectivity index (χ1n) is 10.2. The lowest BCUT2D eigenvalue weighted by Gasteiger charge is -2.39. The van der Waals surface area contributed by atoms with Crippen LogP contribution in [0.25, 0.3) is 0 Å². The molecule has 1 aliphatic carbocycles. The SMILES string of the molecule is Cc1ccc(C(=O)Nc2ccc(N3CCN(C4CCCC4)CC3)cc2)cc1. The first-order valence-corrected chi connectivity index (χ1v) is 10.2. The fourth-order valence-corrected chi connectivity index (χ4v) is 4.28. The minimum Gasteiger partial charge on any atom is -0.369 e. The molecule has 0 radical (unpaired) electrons. The number of hydrogen-bond donors (Lipinski definition) is 1. The van der Waals surface area contributed by atoms with Gasteiger partial charge >= 0.3 is 0 Å². The van der Waals surface area contributed by atoms with Gasteiger partial charge in [-0.15, -0.1) is 0 Å². The number of carbonyl (C=O) groups is 1. The summed E-state index contributed by atoms with van der Waals surface area (Å²) in [6.45, 7) is 6.53. The van der Waals surface area contributed by atoms with Crippen molar-refractivity contribution in [2.24, 2.45) is 0 Å². The van der Waals surface area contributed by atoms with Crippen LogP contribution in [0.15, 0.2) is 48.5 Å². The van der Waals surface area contributed by atoms with Crippen LogP contribution >= 0.6 is 0 Å². The average molecular weight is 364 g/mol. The molecule has 1 aliphatic heterocycles. The zero-order chi connectivity index (χ0) is 18.6. The molecule has 0 spiro atoms. The van der Waals surface area contributed by atoms with Crippen LogP contribution in [0.5, 0.6) is 0 Å². The van der Waals surface area contributed by atoms with E-state index < -0.39 is 0 Å². The summed E-state index contributed by atoms with van der Waals surface area (Å²) < 4.78 is 0. The van der Waals surface area contributed by atoms with Crippen LogP contribution in [0, 0.1) is 6.92 Å². The molecule has 1 N–H and O–H groups in total. The highest BCUT2D eigenvalue weighted by Crippen LogP contribution is 2.26. The molecular formula is C23H29N3O. The lowest BCUT2D eigenvalue weighted by atomic mass is 10.1. The summed E-state index contributed by atoms with van der Waals surface area (Å²) in [6.07, 6.45) is 5.58. The van der Waals surface area contributed by atoms with Crippen molar-refractivity contribution >= 4 is 17.3 Å². The Labute approximate surface area is 162 Å². The average Bonchev–Trinajstić information content (AvgIpc) is 3.24. The molecule has 4 heteroatoms. The summed E-state index contributed by atoms with van der Waals surface area (Å²) in [5.41, 5.74) is 3.93. The summed E-state index contributed by atoms with van der Waals surface area (Å²) >= 11 is 0. The Balaban J connectivity index is 1.32. The molecule has 142 valence electrons. The molecule has 1 saturated carbocycles. The number of nitrogens with zero attached hydrogens (tertiary/aromatic N) is 2. The monoisotopic (exact) mass is 363 g/mol. The van der Waals surface area contributed by atoms with Gasteiger partial charge in [0.15, 0.2) is 0 Å². The number of carbonyl (C=O) groups excluding carboxylic acids is 1. The van der Waals surface area contributed by atoms with Gasteiger partial charge in [0.1, 0.15) is 0 Å². The highest BCUT2D eigenvalue weighted by molar-refractivity contribution is 6.04. The normalized spacial score (nSPS) is 18.6. The second-order valence-corrected chi connectivity index (χ2v) is 7.83. The molecule has 1 amide bonds. The van der Waals surface area contributed by atoms with Crippen molar-refractivity contribution in [1.82, 2.24) is 4.90 Å². The van der Waals surface area contributed by atoms with E-state index in [1.807, 2.05) is 43.3 Å². The molecule has 0 aromatic heterocycles. The molecule has 2 aliphatic rings. The summed E-state index contributed by atoms with van der Waals surface area (Å²) in [7, 11) is 0. The van der Waals surface area contributed by atoms with E-state index in [9.17, 15) is 4.79 Å². The first-order chi connectivity index (χ1) is 13.2. The van der Waals surface area contributed by atoms with Crippen LogP contribution in [0.1, 0.15) is 41.6 Å². The van der Waals surface area contributed by atoms with Crippen LogP contribution in [0.4, 0.5) is 11.4 Å². The second kappa shape index (κ2) is 8.13. The maximum Gasteiger partial charge on any atom is 0.255 e. The van der Waals surface area contributed by atoms with E-state index >= 15 is 0 Å². The highest BCUT2D eigenvalue weighted by Gasteiger charge is 2.26. The third-order valence-corrected chi connectivity index (χ3v) is 5.96. The van der Waals surface area contributed by atoms with Gasteiger partial charge in [0.2, 0.25) is 0 Å². The van der Waals surface area contributed by atoms with Crippen molar-refractivity contribution in [3.8, 4) is 0 Å². The van der Waals surface area contributed by atoms with E-state index in [1.165, 1.54) is 31.4 Å². The van der Waals surface area contributed by atoms with E-state index in [1.54, 1.807) is 0 Å². The van der Waals surface area contributed by atoms with Crippen LogP contribution in [0.3, 0.4) is 0 Å². The zero-order valence-corrected chi connectivity index (χ0v) is 16.2. The number of nitrogens with one attached hydrogen (secondary N) is 1. The van der Waals surface area contributed by atoms with E-state index in [-0.39, 0.29) is 5.91 Å². The van der Waals surface area contributed by atoms with Crippen molar-refractivity contribution in [3.05, 3.63) is 59.7 Å². The Kier molecular flexibility index (Phi) is 5.44. The molecule has 2 aromatic carbocycles. The van der Waals surface area contributed by atoms with Crippen molar-refractivity contribution in [3.63, 3.8) is 0 Å². The number of amides is 1.